The summed E-state index contributed by atoms with van der Waals surface area (Å²) in [6.45, 7) is 2.34. The standard InChI is InChI=1S/C23H21ClN2O4/c1-3-30-23(28)17-8-10-18(11-9-17)26(15-16-6-12-19(29-2)13-7-16)22(27)20-5-4-14-25-21(20)24/h4-14H,3,15H2,1-2H3. The normalized spacial score (nSPS) is 10.4. The van der Waals surface area contributed by atoms with Crippen LogP contribution in [0.5, 0.6) is 5.75 Å². The van der Waals surface area contributed by atoms with E-state index in [4.69, 9.17) is 21.1 Å². The Balaban J connectivity index is 1.95. The number of amides is 1. The highest BCUT2D eigenvalue weighted by Gasteiger charge is 2.21. The Morgan fingerprint density at radius 3 is 2.33 bits per heavy atom. The number of carbonyl (C=O) groups excluding carboxylic acids is 2. The molecule has 0 atom stereocenters. The first-order valence-electron chi connectivity index (χ1n) is 9.36. The van der Waals surface area contributed by atoms with E-state index in [0.717, 1.165) is 11.3 Å². The molecule has 3 aromatic rings. The molecular weight excluding hydrogens is 404 g/mol. The Hall–Kier alpha value is -3.38. The van der Waals surface area contributed by atoms with Gasteiger partial charge in [0, 0.05) is 11.9 Å². The lowest BCUT2D eigenvalue weighted by Crippen LogP contribution is -2.30. The van der Waals surface area contributed by atoms with Crippen LogP contribution in [0, 0.1) is 0 Å². The molecule has 2 aromatic carbocycles. The number of hydrogen-bond donors (Lipinski definition) is 0. The lowest BCUT2D eigenvalue weighted by atomic mass is 10.1. The van der Waals surface area contributed by atoms with Gasteiger partial charge in [-0.15, -0.1) is 0 Å². The molecule has 1 aromatic heterocycles. The second kappa shape index (κ2) is 9.89. The van der Waals surface area contributed by atoms with Crippen LogP contribution in [0.1, 0.15) is 33.2 Å². The number of hydrogen-bond acceptors (Lipinski definition) is 5. The smallest absolute Gasteiger partial charge is 0.338 e. The molecule has 6 nitrogen and oxygen atoms in total. The average Bonchev–Trinajstić information content (AvgIpc) is 2.78. The van der Waals surface area contributed by atoms with E-state index in [0.29, 0.717) is 30.0 Å². The molecule has 0 radical (unpaired) electrons. The fourth-order valence-electron chi connectivity index (χ4n) is 2.88. The molecule has 7 heteroatoms. The third kappa shape index (κ3) is 4.96. The predicted octanol–water partition coefficient (Wildman–Crippen LogP) is 4.77. The molecule has 0 unspecified atom stereocenters. The zero-order chi connectivity index (χ0) is 21.5. The Morgan fingerprint density at radius 2 is 1.73 bits per heavy atom. The summed E-state index contributed by atoms with van der Waals surface area (Å²) in [5, 5.41) is 0.130. The van der Waals surface area contributed by atoms with Gasteiger partial charge in [-0.2, -0.15) is 0 Å². The van der Waals surface area contributed by atoms with Gasteiger partial charge in [0.2, 0.25) is 0 Å². The Bertz CT molecular complexity index is 1020. The largest absolute Gasteiger partial charge is 0.497 e. The van der Waals surface area contributed by atoms with Crippen LogP contribution in [0.2, 0.25) is 5.15 Å². The topological polar surface area (TPSA) is 68.7 Å². The lowest BCUT2D eigenvalue weighted by molar-refractivity contribution is 0.0526. The summed E-state index contributed by atoms with van der Waals surface area (Å²) in [5.41, 5.74) is 2.22. The van der Waals surface area contributed by atoms with Gasteiger partial charge < -0.3 is 14.4 Å². The number of carbonyl (C=O) groups is 2. The fraction of sp³-hybridized carbons (Fsp3) is 0.174. The summed E-state index contributed by atoms with van der Waals surface area (Å²) in [4.78, 5) is 30.8. The molecule has 0 fully saturated rings. The molecule has 0 N–H and O–H groups in total. The molecule has 1 heterocycles. The van der Waals surface area contributed by atoms with E-state index < -0.39 is 5.97 Å². The number of nitrogens with zero attached hydrogens (tertiary/aromatic N) is 2. The minimum atomic E-state index is -0.410. The zero-order valence-electron chi connectivity index (χ0n) is 16.7. The second-order valence-electron chi connectivity index (χ2n) is 6.35. The number of aromatic nitrogens is 1. The number of methoxy groups -OCH3 is 1. The van der Waals surface area contributed by atoms with Crippen LogP contribution < -0.4 is 9.64 Å². The van der Waals surface area contributed by atoms with Gasteiger partial charge in [0.25, 0.3) is 5.91 Å². The highest BCUT2D eigenvalue weighted by molar-refractivity contribution is 6.33. The van der Waals surface area contributed by atoms with Crippen molar-refractivity contribution in [3.05, 3.63) is 88.7 Å². The molecule has 0 bridgehead atoms. The van der Waals surface area contributed by atoms with E-state index in [1.54, 1.807) is 55.3 Å². The van der Waals surface area contributed by atoms with Crippen molar-refractivity contribution >= 4 is 29.2 Å². The van der Waals surface area contributed by atoms with Gasteiger partial charge in [0.15, 0.2) is 0 Å². The number of anilines is 1. The quantitative estimate of drug-likeness (QED) is 0.403. The molecule has 0 saturated carbocycles. The van der Waals surface area contributed by atoms with E-state index in [-0.39, 0.29) is 11.1 Å². The third-order valence-corrected chi connectivity index (χ3v) is 4.73. The summed E-state index contributed by atoms with van der Waals surface area (Å²) in [6.07, 6.45) is 1.53. The monoisotopic (exact) mass is 424 g/mol. The number of pyridine rings is 1. The molecule has 1 amide bonds. The second-order valence-corrected chi connectivity index (χ2v) is 6.71. The molecule has 0 spiro atoms. The van der Waals surface area contributed by atoms with E-state index in [2.05, 4.69) is 4.98 Å². The van der Waals surface area contributed by atoms with Gasteiger partial charge in [-0.25, -0.2) is 9.78 Å². The maximum absolute atomic E-state index is 13.3. The highest BCUT2D eigenvalue weighted by Crippen LogP contribution is 2.24. The molecule has 154 valence electrons. The molecule has 0 aliphatic carbocycles. The summed E-state index contributed by atoms with van der Waals surface area (Å²) in [7, 11) is 1.60. The number of esters is 1. The first kappa shape index (κ1) is 21.3. The SMILES string of the molecule is CCOC(=O)c1ccc(N(Cc2ccc(OC)cc2)C(=O)c2cccnc2Cl)cc1. The number of halogens is 1. The van der Waals surface area contributed by atoms with E-state index in [1.807, 2.05) is 24.3 Å². The third-order valence-electron chi connectivity index (χ3n) is 4.42. The summed E-state index contributed by atoms with van der Waals surface area (Å²) in [5.74, 6) is 0.0194. The van der Waals surface area contributed by atoms with Gasteiger partial charge in [0.1, 0.15) is 10.9 Å². The van der Waals surface area contributed by atoms with Crippen LogP contribution >= 0.6 is 11.6 Å². The van der Waals surface area contributed by atoms with Crippen LogP contribution in [0.4, 0.5) is 5.69 Å². The molecule has 0 saturated heterocycles. The Labute approximate surface area is 180 Å². The highest BCUT2D eigenvalue weighted by atomic mass is 35.5. The van der Waals surface area contributed by atoms with Crippen molar-refractivity contribution in [3.63, 3.8) is 0 Å². The minimum Gasteiger partial charge on any atom is -0.497 e. The van der Waals surface area contributed by atoms with Gasteiger partial charge in [0.05, 0.1) is 31.4 Å². The maximum Gasteiger partial charge on any atom is 0.338 e. The van der Waals surface area contributed by atoms with E-state index in [1.165, 1.54) is 6.20 Å². The van der Waals surface area contributed by atoms with Crippen LogP contribution in [0.15, 0.2) is 66.9 Å². The average molecular weight is 425 g/mol. The molecular formula is C23H21ClN2O4. The molecule has 30 heavy (non-hydrogen) atoms. The Kier molecular flexibility index (Phi) is 7.03. The van der Waals surface area contributed by atoms with Crippen LogP contribution in [0.25, 0.3) is 0 Å². The summed E-state index contributed by atoms with van der Waals surface area (Å²) >= 11 is 6.16. The van der Waals surface area contributed by atoms with Crippen molar-refractivity contribution in [3.8, 4) is 5.75 Å². The van der Waals surface area contributed by atoms with Crippen LogP contribution in [-0.4, -0.2) is 30.6 Å². The Morgan fingerprint density at radius 1 is 1.03 bits per heavy atom. The first-order chi connectivity index (χ1) is 14.5. The van der Waals surface area contributed by atoms with Crippen LogP contribution in [0.3, 0.4) is 0 Å². The number of ether oxygens (including phenoxy) is 2. The van der Waals surface area contributed by atoms with Gasteiger partial charge >= 0.3 is 5.97 Å². The van der Waals surface area contributed by atoms with E-state index in [9.17, 15) is 9.59 Å². The van der Waals surface area contributed by atoms with Crippen molar-refractivity contribution in [1.29, 1.82) is 0 Å². The van der Waals surface area contributed by atoms with Crippen molar-refractivity contribution in [1.82, 2.24) is 4.98 Å². The van der Waals surface area contributed by atoms with Gasteiger partial charge in [-0.05, 0) is 61.0 Å². The van der Waals surface area contributed by atoms with Crippen LogP contribution in [-0.2, 0) is 11.3 Å². The molecule has 0 aliphatic rings. The summed E-state index contributed by atoms with van der Waals surface area (Å²) in [6, 6.07) is 17.4. The summed E-state index contributed by atoms with van der Waals surface area (Å²) < 4.78 is 10.2. The molecule has 3 rings (SSSR count). The lowest BCUT2D eigenvalue weighted by Gasteiger charge is -2.24. The number of benzene rings is 2. The maximum atomic E-state index is 13.3. The molecule has 0 aliphatic heterocycles. The van der Waals surface area contributed by atoms with Crippen molar-refractivity contribution in [2.24, 2.45) is 0 Å². The predicted molar refractivity (Wildman–Crippen MR) is 115 cm³/mol. The first-order valence-corrected chi connectivity index (χ1v) is 9.73. The van der Waals surface area contributed by atoms with Gasteiger partial charge in [-0.3, -0.25) is 4.79 Å². The van der Waals surface area contributed by atoms with Crippen molar-refractivity contribution in [2.45, 2.75) is 13.5 Å². The van der Waals surface area contributed by atoms with E-state index >= 15 is 0 Å². The zero-order valence-corrected chi connectivity index (χ0v) is 17.4. The van der Waals surface area contributed by atoms with Crippen molar-refractivity contribution < 1.29 is 19.1 Å². The van der Waals surface area contributed by atoms with Gasteiger partial charge in [-0.1, -0.05) is 23.7 Å². The minimum absolute atomic E-state index is 0.130. The number of rotatable bonds is 7. The van der Waals surface area contributed by atoms with Crippen molar-refractivity contribution in [2.75, 3.05) is 18.6 Å². The fourth-order valence-corrected chi connectivity index (χ4v) is 3.08.